The van der Waals surface area contributed by atoms with Gasteiger partial charge in [0.15, 0.2) is 6.29 Å². The minimum atomic E-state index is -0.707. The lowest BCUT2D eigenvalue weighted by Crippen LogP contribution is -2.36. The molecule has 0 bridgehead atoms. The van der Waals surface area contributed by atoms with Gasteiger partial charge in [-0.05, 0) is 46.7 Å². The predicted molar refractivity (Wildman–Crippen MR) is 98.5 cm³/mol. The Hall–Kier alpha value is -1.19. The Bertz CT molecular complexity index is 530. The van der Waals surface area contributed by atoms with Crippen LogP contribution in [0.4, 0.5) is 0 Å². The Morgan fingerprint density at radius 2 is 1.71 bits per heavy atom. The van der Waals surface area contributed by atoms with Crippen LogP contribution in [0, 0.1) is 9.49 Å². The van der Waals surface area contributed by atoms with Crippen molar-refractivity contribution in [1.82, 2.24) is 5.32 Å². The van der Waals surface area contributed by atoms with Crippen molar-refractivity contribution in [2.45, 2.75) is 25.6 Å². The molecule has 6 nitrogen and oxygen atoms in total. The molecule has 24 heavy (non-hydrogen) atoms. The van der Waals surface area contributed by atoms with Crippen LogP contribution in [-0.2, 0) is 23.8 Å². The quantitative estimate of drug-likeness (QED) is 0.356. The first-order valence-electron chi connectivity index (χ1n) is 7.56. The van der Waals surface area contributed by atoms with E-state index in [1.807, 2.05) is 24.3 Å². The third-order valence-corrected chi connectivity index (χ3v) is 4.49. The highest BCUT2D eigenvalue weighted by molar-refractivity contribution is 14.1. The maximum absolute atomic E-state index is 12.2. The molecule has 2 atom stereocenters. The van der Waals surface area contributed by atoms with Gasteiger partial charge in [0.2, 0.25) is 5.91 Å². The van der Waals surface area contributed by atoms with E-state index in [1.54, 1.807) is 0 Å². The van der Waals surface area contributed by atoms with Crippen molar-refractivity contribution in [2.24, 2.45) is 5.92 Å². The van der Waals surface area contributed by atoms with Gasteiger partial charge in [-0.3, -0.25) is 9.59 Å². The summed E-state index contributed by atoms with van der Waals surface area (Å²) in [4.78, 5) is 23.5. The van der Waals surface area contributed by atoms with Gasteiger partial charge in [-0.2, -0.15) is 0 Å². The van der Waals surface area contributed by atoms with Gasteiger partial charge in [-0.1, -0.05) is 12.1 Å². The molecule has 0 heterocycles. The Kier molecular flexibility index (Phi) is 9.24. The van der Waals surface area contributed by atoms with Crippen molar-refractivity contribution in [3.8, 4) is 0 Å². The number of carbonyl (C=O) groups is 2. The summed E-state index contributed by atoms with van der Waals surface area (Å²) in [7, 11) is 4.31. The molecular weight excluding hydrogens is 425 g/mol. The molecule has 0 fully saturated rings. The third-order valence-electron chi connectivity index (χ3n) is 3.77. The first-order valence-corrected chi connectivity index (χ1v) is 8.64. The Morgan fingerprint density at radius 1 is 1.12 bits per heavy atom. The minimum absolute atomic E-state index is 0.0669. The van der Waals surface area contributed by atoms with Gasteiger partial charge in [0.05, 0.1) is 7.11 Å². The van der Waals surface area contributed by atoms with Crippen LogP contribution >= 0.6 is 22.6 Å². The highest BCUT2D eigenvalue weighted by Crippen LogP contribution is 2.28. The van der Waals surface area contributed by atoms with E-state index in [-0.39, 0.29) is 11.8 Å². The summed E-state index contributed by atoms with van der Waals surface area (Å²) in [6.45, 7) is 1.89. The van der Waals surface area contributed by atoms with Crippen LogP contribution in [0.5, 0.6) is 0 Å². The smallest absolute Gasteiger partial charge is 0.313 e. The van der Waals surface area contributed by atoms with Crippen LogP contribution in [0.15, 0.2) is 24.3 Å². The number of nitrogens with one attached hydrogen (secondary N) is 1. The number of amides is 1. The van der Waals surface area contributed by atoms with E-state index in [1.165, 1.54) is 28.3 Å². The van der Waals surface area contributed by atoms with Gasteiger partial charge in [0.25, 0.3) is 0 Å². The van der Waals surface area contributed by atoms with Crippen molar-refractivity contribution in [2.75, 3.05) is 27.9 Å². The first kappa shape index (κ1) is 20.9. The molecular formula is C17H24INO5. The molecule has 0 radical (unpaired) electrons. The average molecular weight is 449 g/mol. The summed E-state index contributed by atoms with van der Waals surface area (Å²) < 4.78 is 16.5. The molecule has 0 saturated heterocycles. The molecule has 0 spiro atoms. The molecule has 134 valence electrons. The number of benzene rings is 1. The van der Waals surface area contributed by atoms with E-state index in [2.05, 4.69) is 27.9 Å². The zero-order valence-electron chi connectivity index (χ0n) is 14.4. The molecule has 1 rings (SSSR count). The fourth-order valence-corrected chi connectivity index (χ4v) is 2.90. The Labute approximate surface area is 156 Å². The second kappa shape index (κ2) is 10.6. The van der Waals surface area contributed by atoms with Gasteiger partial charge >= 0.3 is 5.97 Å². The zero-order chi connectivity index (χ0) is 18.1. The maximum Gasteiger partial charge on any atom is 0.313 e. The lowest BCUT2D eigenvalue weighted by atomic mass is 9.88. The number of ether oxygens (including phenoxy) is 3. The Morgan fingerprint density at radius 3 is 2.17 bits per heavy atom. The van der Waals surface area contributed by atoms with Gasteiger partial charge in [0, 0.05) is 37.2 Å². The molecule has 1 N–H and O–H groups in total. The average Bonchev–Trinajstić information content (AvgIpc) is 2.58. The SMILES string of the molecule is COC(=O)C(CC(CNC(C)=O)c1ccc(I)cc1)C(OC)OC. The summed E-state index contributed by atoms with van der Waals surface area (Å²) in [5.41, 5.74) is 1.03. The molecule has 0 saturated carbocycles. The number of hydrogen-bond acceptors (Lipinski definition) is 5. The van der Waals surface area contributed by atoms with Crippen molar-refractivity contribution < 1.29 is 23.8 Å². The van der Waals surface area contributed by atoms with Crippen LogP contribution in [0.2, 0.25) is 0 Å². The molecule has 0 aromatic heterocycles. The molecule has 1 aromatic rings. The number of halogens is 1. The summed E-state index contributed by atoms with van der Waals surface area (Å²) in [6, 6.07) is 7.98. The summed E-state index contributed by atoms with van der Waals surface area (Å²) in [5, 5.41) is 2.82. The number of carbonyl (C=O) groups excluding carboxylic acids is 2. The molecule has 0 aliphatic carbocycles. The number of esters is 1. The van der Waals surface area contributed by atoms with Crippen LogP contribution in [0.25, 0.3) is 0 Å². The van der Waals surface area contributed by atoms with Crippen molar-refractivity contribution in [3.05, 3.63) is 33.4 Å². The van der Waals surface area contributed by atoms with E-state index < -0.39 is 18.2 Å². The largest absolute Gasteiger partial charge is 0.469 e. The number of hydrogen-bond donors (Lipinski definition) is 1. The van der Waals surface area contributed by atoms with Crippen molar-refractivity contribution in [1.29, 1.82) is 0 Å². The summed E-state index contributed by atoms with van der Waals surface area (Å²) >= 11 is 2.23. The zero-order valence-corrected chi connectivity index (χ0v) is 16.5. The minimum Gasteiger partial charge on any atom is -0.469 e. The number of rotatable bonds is 9. The molecule has 0 aliphatic heterocycles. The van der Waals surface area contributed by atoms with E-state index in [0.717, 1.165) is 9.13 Å². The molecule has 1 amide bonds. The van der Waals surface area contributed by atoms with E-state index in [9.17, 15) is 9.59 Å². The third kappa shape index (κ3) is 6.37. The lowest BCUT2D eigenvalue weighted by molar-refractivity contribution is -0.175. The van der Waals surface area contributed by atoms with E-state index in [4.69, 9.17) is 14.2 Å². The van der Waals surface area contributed by atoms with Gasteiger partial charge < -0.3 is 19.5 Å². The fourth-order valence-electron chi connectivity index (χ4n) is 2.54. The summed E-state index contributed by atoms with van der Waals surface area (Å²) in [5.74, 6) is -1.18. The van der Waals surface area contributed by atoms with Gasteiger partial charge in [-0.15, -0.1) is 0 Å². The summed E-state index contributed by atoms with van der Waals surface area (Å²) in [6.07, 6.45) is -0.277. The van der Waals surface area contributed by atoms with Crippen LogP contribution in [-0.4, -0.2) is 46.0 Å². The second-order valence-electron chi connectivity index (χ2n) is 5.39. The molecule has 7 heteroatoms. The lowest BCUT2D eigenvalue weighted by Gasteiger charge is -2.27. The predicted octanol–water partition coefficient (Wildman–Crippen LogP) is 2.31. The maximum atomic E-state index is 12.2. The molecule has 1 aromatic carbocycles. The highest BCUT2D eigenvalue weighted by Gasteiger charge is 2.32. The highest BCUT2D eigenvalue weighted by atomic mass is 127. The van der Waals surface area contributed by atoms with Gasteiger partial charge in [-0.25, -0.2) is 0 Å². The van der Waals surface area contributed by atoms with Crippen LogP contribution in [0.3, 0.4) is 0 Å². The standard InChI is InChI=1S/C17H24INO5/c1-11(20)19-10-13(12-5-7-14(18)8-6-12)9-15(16(21)22-2)17(23-3)24-4/h5-8,13,15,17H,9-10H2,1-4H3,(H,19,20). The van der Waals surface area contributed by atoms with Crippen LogP contribution < -0.4 is 5.32 Å². The molecule has 2 unspecified atom stereocenters. The van der Waals surface area contributed by atoms with Crippen molar-refractivity contribution in [3.63, 3.8) is 0 Å². The van der Waals surface area contributed by atoms with E-state index in [0.29, 0.717) is 13.0 Å². The molecule has 0 aliphatic rings. The monoisotopic (exact) mass is 449 g/mol. The topological polar surface area (TPSA) is 73.9 Å². The van der Waals surface area contributed by atoms with Crippen molar-refractivity contribution >= 4 is 34.5 Å². The fraction of sp³-hybridized carbons (Fsp3) is 0.529. The Balaban J connectivity index is 3.04. The first-order chi connectivity index (χ1) is 11.4. The van der Waals surface area contributed by atoms with E-state index >= 15 is 0 Å². The van der Waals surface area contributed by atoms with Gasteiger partial charge in [0.1, 0.15) is 5.92 Å². The number of methoxy groups -OCH3 is 3. The van der Waals surface area contributed by atoms with Crippen LogP contribution in [0.1, 0.15) is 24.8 Å². The normalized spacial score (nSPS) is 13.4. The second-order valence-corrected chi connectivity index (χ2v) is 6.64.